The molecule has 0 unspecified atom stereocenters. The molecule has 3 aromatic carbocycles. The van der Waals surface area contributed by atoms with E-state index in [-0.39, 0.29) is 17.4 Å². The topological polar surface area (TPSA) is 106 Å². The number of benzene rings is 3. The van der Waals surface area contributed by atoms with E-state index >= 15 is 0 Å². The van der Waals surface area contributed by atoms with Crippen LogP contribution in [0.4, 0.5) is 5.69 Å². The summed E-state index contributed by atoms with van der Waals surface area (Å²) in [5, 5.41) is 3.73. The van der Waals surface area contributed by atoms with E-state index in [9.17, 15) is 13.2 Å². The Labute approximate surface area is 217 Å². The summed E-state index contributed by atoms with van der Waals surface area (Å²) in [4.78, 5) is 14.1. The number of anilines is 1. The Hall–Kier alpha value is -3.85. The number of aryl methyl sites for hydroxylation is 3. The second-order valence-corrected chi connectivity index (χ2v) is 11.4. The van der Waals surface area contributed by atoms with E-state index in [4.69, 9.17) is 4.74 Å². The Morgan fingerprint density at radius 3 is 2.30 bits per heavy atom. The summed E-state index contributed by atoms with van der Waals surface area (Å²) in [6, 6.07) is 17.8. The van der Waals surface area contributed by atoms with Crippen LogP contribution in [-0.4, -0.2) is 25.1 Å². The van der Waals surface area contributed by atoms with Gasteiger partial charge in [0, 0.05) is 12.1 Å². The molecule has 37 heavy (non-hydrogen) atoms. The third-order valence-electron chi connectivity index (χ3n) is 6.15. The lowest BCUT2D eigenvalue weighted by molar-refractivity contribution is 0.306. The van der Waals surface area contributed by atoms with Crippen molar-refractivity contribution in [3.63, 3.8) is 0 Å². The molecule has 0 aliphatic heterocycles. The molecule has 0 aliphatic carbocycles. The van der Waals surface area contributed by atoms with Crippen LogP contribution in [0.5, 0.6) is 5.75 Å². The van der Waals surface area contributed by atoms with E-state index in [0.717, 1.165) is 27.8 Å². The quantitative estimate of drug-likeness (QED) is 0.317. The monoisotopic (exact) mass is 521 g/mol. The van der Waals surface area contributed by atoms with Crippen molar-refractivity contribution in [2.24, 2.45) is 5.92 Å². The van der Waals surface area contributed by atoms with Crippen molar-refractivity contribution >= 4 is 15.7 Å². The van der Waals surface area contributed by atoms with E-state index < -0.39 is 15.8 Å². The number of sulfonamides is 1. The Morgan fingerprint density at radius 1 is 0.973 bits per heavy atom. The summed E-state index contributed by atoms with van der Waals surface area (Å²) in [5.41, 5.74) is 5.05. The van der Waals surface area contributed by atoms with E-state index in [0.29, 0.717) is 23.8 Å². The molecular formula is C28H31N3O5S. The molecule has 8 nitrogen and oxygen atoms in total. The number of aromatic amines is 1. The fourth-order valence-electron chi connectivity index (χ4n) is 3.98. The smallest absolute Gasteiger partial charge is 0.439 e. The molecule has 0 amide bonds. The van der Waals surface area contributed by atoms with Crippen molar-refractivity contribution < 1.29 is 17.7 Å². The van der Waals surface area contributed by atoms with Gasteiger partial charge in [-0.1, -0.05) is 49.3 Å². The van der Waals surface area contributed by atoms with E-state index in [1.165, 1.54) is 4.31 Å². The third-order valence-corrected chi connectivity index (χ3v) is 7.94. The van der Waals surface area contributed by atoms with Crippen molar-refractivity contribution in [1.29, 1.82) is 0 Å². The largest absolute Gasteiger partial charge is 0.487 e. The van der Waals surface area contributed by atoms with Gasteiger partial charge < -0.3 is 4.74 Å². The van der Waals surface area contributed by atoms with Crippen LogP contribution < -0.4 is 14.8 Å². The van der Waals surface area contributed by atoms with E-state index in [2.05, 4.69) is 14.7 Å². The van der Waals surface area contributed by atoms with Crippen LogP contribution in [0.25, 0.3) is 11.4 Å². The maximum Gasteiger partial charge on any atom is 0.439 e. The molecule has 0 fully saturated rings. The highest BCUT2D eigenvalue weighted by Crippen LogP contribution is 2.36. The van der Waals surface area contributed by atoms with Crippen LogP contribution in [-0.2, 0) is 16.6 Å². The predicted octanol–water partition coefficient (Wildman–Crippen LogP) is 5.39. The fourth-order valence-corrected chi connectivity index (χ4v) is 5.63. The highest BCUT2D eigenvalue weighted by Gasteiger charge is 2.28. The van der Waals surface area contributed by atoms with Crippen molar-refractivity contribution in [2.75, 3.05) is 10.8 Å². The molecule has 0 radical (unpaired) electrons. The number of hydrogen-bond acceptors (Lipinski definition) is 6. The molecular weight excluding hydrogens is 490 g/mol. The minimum atomic E-state index is -3.82. The average molecular weight is 522 g/mol. The Kier molecular flexibility index (Phi) is 7.54. The van der Waals surface area contributed by atoms with Crippen molar-refractivity contribution in [1.82, 2.24) is 10.1 Å². The standard InChI is InChI=1S/C28H31N3O5S/c1-18(2)16-31(37(33,34)24-9-7-6-8-10-24)25-14-19(3)20(4)15-26(25)35-17-23-12-11-22(13-21(23)5)27-29-28(32)36-30-27/h6-15,18H,16-17H2,1-5H3,(H,29,30,32). The Morgan fingerprint density at radius 2 is 1.68 bits per heavy atom. The highest BCUT2D eigenvalue weighted by molar-refractivity contribution is 7.92. The van der Waals surface area contributed by atoms with Crippen molar-refractivity contribution in [2.45, 2.75) is 46.1 Å². The number of rotatable bonds is 9. The highest BCUT2D eigenvalue weighted by atomic mass is 32.2. The molecule has 9 heteroatoms. The summed E-state index contributed by atoms with van der Waals surface area (Å²) < 4.78 is 39.8. The first kappa shape index (κ1) is 26.2. The molecule has 4 aromatic rings. The van der Waals surface area contributed by atoms with Gasteiger partial charge in [-0.15, -0.1) is 0 Å². The van der Waals surface area contributed by atoms with E-state index in [1.807, 2.05) is 65.0 Å². The van der Waals surface area contributed by atoms with Gasteiger partial charge in [-0.25, -0.2) is 13.2 Å². The second kappa shape index (κ2) is 10.6. The number of H-pyrrole nitrogens is 1. The van der Waals surface area contributed by atoms with Gasteiger partial charge in [0.25, 0.3) is 10.0 Å². The summed E-state index contributed by atoms with van der Waals surface area (Å²) in [5.74, 6) is 0.324. The summed E-state index contributed by atoms with van der Waals surface area (Å²) in [7, 11) is -3.82. The molecule has 4 rings (SSSR count). The van der Waals surface area contributed by atoms with Crippen LogP contribution in [0.15, 0.2) is 74.9 Å². The number of ether oxygens (including phenoxy) is 1. The predicted molar refractivity (Wildman–Crippen MR) is 143 cm³/mol. The van der Waals surface area contributed by atoms with Crippen molar-refractivity contribution in [3.05, 3.63) is 93.5 Å². The Bertz CT molecular complexity index is 1560. The normalized spacial score (nSPS) is 11.6. The minimum Gasteiger partial charge on any atom is -0.487 e. The van der Waals surface area contributed by atoms with Crippen LogP contribution >= 0.6 is 0 Å². The molecule has 0 aliphatic rings. The van der Waals surface area contributed by atoms with Gasteiger partial charge in [0.1, 0.15) is 12.4 Å². The van der Waals surface area contributed by atoms with Crippen LogP contribution in [0.1, 0.15) is 36.1 Å². The molecule has 1 heterocycles. The van der Waals surface area contributed by atoms with Gasteiger partial charge in [-0.05, 0) is 79.3 Å². The molecule has 194 valence electrons. The lowest BCUT2D eigenvalue weighted by Crippen LogP contribution is -2.34. The first-order chi connectivity index (χ1) is 17.6. The van der Waals surface area contributed by atoms with Crippen LogP contribution in [0.3, 0.4) is 0 Å². The fraction of sp³-hybridized carbons (Fsp3) is 0.286. The van der Waals surface area contributed by atoms with E-state index in [1.54, 1.807) is 30.3 Å². The lowest BCUT2D eigenvalue weighted by Gasteiger charge is -2.29. The average Bonchev–Trinajstić information content (AvgIpc) is 3.30. The summed E-state index contributed by atoms with van der Waals surface area (Å²) in [6.07, 6.45) is 0. The van der Waals surface area contributed by atoms with Gasteiger partial charge in [-0.2, -0.15) is 0 Å². The number of nitrogens with one attached hydrogen (secondary N) is 1. The maximum atomic E-state index is 13.8. The lowest BCUT2D eigenvalue weighted by atomic mass is 10.1. The van der Waals surface area contributed by atoms with Gasteiger partial charge in [0.05, 0.1) is 10.6 Å². The molecule has 0 spiro atoms. The zero-order valence-corrected chi connectivity index (χ0v) is 22.4. The third kappa shape index (κ3) is 5.77. The van der Waals surface area contributed by atoms with Crippen LogP contribution in [0.2, 0.25) is 0 Å². The first-order valence-electron chi connectivity index (χ1n) is 12.0. The zero-order valence-electron chi connectivity index (χ0n) is 21.6. The van der Waals surface area contributed by atoms with Gasteiger partial charge in [-0.3, -0.25) is 13.8 Å². The molecule has 0 saturated carbocycles. The van der Waals surface area contributed by atoms with Gasteiger partial charge in [0.15, 0.2) is 5.82 Å². The minimum absolute atomic E-state index is 0.0886. The molecule has 0 saturated heterocycles. The zero-order chi connectivity index (χ0) is 26.7. The molecule has 1 N–H and O–H groups in total. The molecule has 0 bridgehead atoms. The van der Waals surface area contributed by atoms with Crippen LogP contribution in [0, 0.1) is 26.7 Å². The molecule has 1 aromatic heterocycles. The number of aromatic nitrogens is 2. The second-order valence-electron chi connectivity index (χ2n) is 9.52. The summed E-state index contributed by atoms with van der Waals surface area (Å²) >= 11 is 0. The maximum absolute atomic E-state index is 13.8. The first-order valence-corrected chi connectivity index (χ1v) is 13.5. The number of hydrogen-bond donors (Lipinski definition) is 1. The van der Waals surface area contributed by atoms with Gasteiger partial charge >= 0.3 is 5.76 Å². The SMILES string of the molecule is Cc1cc(OCc2ccc(-c3noc(=O)[nH]3)cc2C)c(N(CC(C)C)S(=O)(=O)c2ccccc2)cc1C. The Balaban J connectivity index is 1.70. The van der Waals surface area contributed by atoms with Gasteiger partial charge in [0.2, 0.25) is 0 Å². The van der Waals surface area contributed by atoms with Crippen molar-refractivity contribution in [3.8, 4) is 17.1 Å². The number of nitrogens with zero attached hydrogens (tertiary/aromatic N) is 2. The summed E-state index contributed by atoms with van der Waals surface area (Å²) in [6.45, 7) is 10.4. The molecule has 0 atom stereocenters.